The van der Waals surface area contributed by atoms with Crippen LogP contribution in [0.3, 0.4) is 0 Å². The summed E-state index contributed by atoms with van der Waals surface area (Å²) in [5.74, 6) is -1.69. The van der Waals surface area contributed by atoms with Crippen LogP contribution < -0.4 is 0 Å². The monoisotopic (exact) mass is 288 g/mol. The number of alkyl halides is 3. The molecular formula is C14H15F3O3. The molecule has 0 saturated carbocycles. The summed E-state index contributed by atoms with van der Waals surface area (Å²) in [5, 5.41) is 9.57. The molecular weight excluding hydrogens is 273 g/mol. The fraction of sp³-hybridized carbons (Fsp3) is 0.357. The summed E-state index contributed by atoms with van der Waals surface area (Å²) < 4.78 is 42.8. The quantitative estimate of drug-likeness (QED) is 0.847. The lowest BCUT2D eigenvalue weighted by Crippen LogP contribution is -2.52. The first-order chi connectivity index (χ1) is 9.31. The summed E-state index contributed by atoms with van der Waals surface area (Å²) in [4.78, 5) is 11.3. The molecule has 0 aliphatic heterocycles. The van der Waals surface area contributed by atoms with Crippen LogP contribution in [0.1, 0.15) is 18.9 Å². The zero-order valence-electron chi connectivity index (χ0n) is 10.9. The first kappa shape index (κ1) is 16.2. The standard InChI is InChI=1S/C14H15F3O3/c1-2-20-12(18)13(19,14(15,16)17)10-6-9-11-7-4-3-5-8-11/h3-9,19H,2,10H2,1H3/b9-6+/t13-/m1/s1. The molecule has 0 heterocycles. The van der Waals surface area contributed by atoms with E-state index in [0.717, 1.165) is 6.08 Å². The lowest BCUT2D eigenvalue weighted by atomic mass is 9.98. The van der Waals surface area contributed by atoms with Crippen molar-refractivity contribution >= 4 is 12.0 Å². The van der Waals surface area contributed by atoms with Gasteiger partial charge in [-0.2, -0.15) is 13.2 Å². The topological polar surface area (TPSA) is 46.5 Å². The van der Waals surface area contributed by atoms with Crippen molar-refractivity contribution in [3.05, 3.63) is 42.0 Å². The second-order valence-electron chi connectivity index (χ2n) is 4.10. The second kappa shape index (κ2) is 6.56. The Labute approximate surface area is 114 Å². The van der Waals surface area contributed by atoms with Crippen molar-refractivity contribution in [3.8, 4) is 0 Å². The molecule has 1 atom stereocenters. The highest BCUT2D eigenvalue weighted by Gasteiger charge is 2.59. The van der Waals surface area contributed by atoms with Gasteiger partial charge in [0.25, 0.3) is 5.60 Å². The van der Waals surface area contributed by atoms with Crippen LogP contribution in [0.4, 0.5) is 13.2 Å². The van der Waals surface area contributed by atoms with E-state index in [2.05, 4.69) is 4.74 Å². The molecule has 0 aliphatic rings. The zero-order valence-corrected chi connectivity index (χ0v) is 10.9. The highest BCUT2D eigenvalue weighted by atomic mass is 19.4. The minimum absolute atomic E-state index is 0.236. The molecule has 0 amide bonds. The molecule has 1 aromatic rings. The molecule has 3 nitrogen and oxygen atoms in total. The number of ether oxygens (including phenoxy) is 1. The highest BCUT2D eigenvalue weighted by Crippen LogP contribution is 2.34. The molecule has 1 aromatic carbocycles. The zero-order chi connectivity index (χ0) is 15.2. The van der Waals surface area contributed by atoms with Crippen molar-refractivity contribution in [1.82, 2.24) is 0 Å². The van der Waals surface area contributed by atoms with Gasteiger partial charge in [-0.25, -0.2) is 4.79 Å². The number of benzene rings is 1. The van der Waals surface area contributed by atoms with Gasteiger partial charge in [-0.05, 0) is 12.5 Å². The largest absolute Gasteiger partial charge is 0.464 e. The van der Waals surface area contributed by atoms with Gasteiger partial charge in [-0.3, -0.25) is 0 Å². The van der Waals surface area contributed by atoms with Crippen LogP contribution in [0.25, 0.3) is 6.08 Å². The van der Waals surface area contributed by atoms with E-state index >= 15 is 0 Å². The lowest BCUT2D eigenvalue weighted by molar-refractivity contribution is -0.261. The Balaban J connectivity index is 2.86. The van der Waals surface area contributed by atoms with E-state index in [0.29, 0.717) is 5.56 Å². The van der Waals surface area contributed by atoms with Gasteiger partial charge in [0.1, 0.15) is 0 Å². The predicted octanol–water partition coefficient (Wildman–Crippen LogP) is 2.95. The Hall–Kier alpha value is -1.82. The van der Waals surface area contributed by atoms with E-state index in [-0.39, 0.29) is 6.61 Å². The Morgan fingerprint density at radius 2 is 1.90 bits per heavy atom. The number of halogens is 3. The van der Waals surface area contributed by atoms with Gasteiger partial charge in [0.15, 0.2) is 0 Å². The Bertz CT molecular complexity index is 468. The Morgan fingerprint density at radius 1 is 1.30 bits per heavy atom. The summed E-state index contributed by atoms with van der Waals surface area (Å²) in [6.07, 6.45) is -3.50. The van der Waals surface area contributed by atoms with E-state index in [1.807, 2.05) is 0 Å². The minimum Gasteiger partial charge on any atom is -0.464 e. The van der Waals surface area contributed by atoms with Crippen molar-refractivity contribution in [2.45, 2.75) is 25.1 Å². The Morgan fingerprint density at radius 3 is 2.40 bits per heavy atom. The van der Waals surface area contributed by atoms with Gasteiger partial charge in [0, 0.05) is 6.42 Å². The average Bonchev–Trinajstić information content (AvgIpc) is 2.38. The van der Waals surface area contributed by atoms with E-state index in [4.69, 9.17) is 0 Å². The molecule has 1 rings (SSSR count). The molecule has 1 N–H and O–H groups in total. The van der Waals surface area contributed by atoms with E-state index in [1.165, 1.54) is 13.0 Å². The van der Waals surface area contributed by atoms with E-state index in [9.17, 15) is 23.1 Å². The average molecular weight is 288 g/mol. The normalized spacial score (nSPS) is 15.1. The highest BCUT2D eigenvalue weighted by molar-refractivity contribution is 5.80. The Kier molecular flexibility index (Phi) is 5.33. The first-order valence-electron chi connectivity index (χ1n) is 5.99. The molecule has 6 heteroatoms. The molecule has 0 fully saturated rings. The summed E-state index contributed by atoms with van der Waals surface area (Å²) in [6, 6.07) is 8.59. The maximum atomic E-state index is 12.8. The van der Waals surface area contributed by atoms with E-state index in [1.54, 1.807) is 30.3 Å². The van der Waals surface area contributed by atoms with Gasteiger partial charge < -0.3 is 9.84 Å². The SMILES string of the molecule is CCOC(=O)[C@](O)(C/C=C/c1ccccc1)C(F)(F)F. The number of aliphatic hydroxyl groups is 1. The number of esters is 1. The summed E-state index contributed by atoms with van der Waals surface area (Å²) in [5.41, 5.74) is -2.85. The third kappa shape index (κ3) is 3.84. The van der Waals surface area contributed by atoms with Gasteiger partial charge >= 0.3 is 12.1 Å². The summed E-state index contributed by atoms with van der Waals surface area (Å²) in [6.45, 7) is 1.13. The van der Waals surface area contributed by atoms with Crippen molar-refractivity contribution < 1.29 is 27.8 Å². The number of carbonyl (C=O) groups is 1. The second-order valence-corrected chi connectivity index (χ2v) is 4.10. The van der Waals surface area contributed by atoms with Crippen molar-refractivity contribution in [2.24, 2.45) is 0 Å². The maximum Gasteiger partial charge on any atom is 0.428 e. The summed E-state index contributed by atoms with van der Waals surface area (Å²) >= 11 is 0. The van der Waals surface area contributed by atoms with Crippen LogP contribution >= 0.6 is 0 Å². The van der Waals surface area contributed by atoms with Gasteiger partial charge in [0.2, 0.25) is 0 Å². The molecule has 110 valence electrons. The van der Waals surface area contributed by atoms with Crippen LogP contribution in [-0.2, 0) is 9.53 Å². The third-order valence-corrected chi connectivity index (χ3v) is 2.61. The summed E-state index contributed by atoms with van der Waals surface area (Å²) in [7, 11) is 0. The fourth-order valence-electron chi connectivity index (χ4n) is 1.49. The predicted molar refractivity (Wildman–Crippen MR) is 67.7 cm³/mol. The number of carbonyl (C=O) groups excluding carboxylic acids is 1. The lowest BCUT2D eigenvalue weighted by Gasteiger charge is -2.26. The smallest absolute Gasteiger partial charge is 0.428 e. The first-order valence-corrected chi connectivity index (χ1v) is 5.99. The van der Waals surface area contributed by atoms with Gasteiger partial charge in [-0.1, -0.05) is 42.5 Å². The van der Waals surface area contributed by atoms with Crippen LogP contribution in [-0.4, -0.2) is 29.5 Å². The molecule has 0 aliphatic carbocycles. The van der Waals surface area contributed by atoms with Crippen LogP contribution in [0, 0.1) is 0 Å². The van der Waals surface area contributed by atoms with Crippen molar-refractivity contribution in [3.63, 3.8) is 0 Å². The molecule has 0 bridgehead atoms. The molecule has 0 spiro atoms. The molecule has 0 unspecified atom stereocenters. The van der Waals surface area contributed by atoms with Crippen molar-refractivity contribution in [1.29, 1.82) is 0 Å². The number of hydrogen-bond acceptors (Lipinski definition) is 3. The van der Waals surface area contributed by atoms with Gasteiger partial charge in [0.05, 0.1) is 6.61 Å². The fourth-order valence-corrected chi connectivity index (χ4v) is 1.49. The van der Waals surface area contributed by atoms with Gasteiger partial charge in [-0.15, -0.1) is 0 Å². The molecule has 0 aromatic heterocycles. The number of rotatable bonds is 5. The van der Waals surface area contributed by atoms with Crippen LogP contribution in [0.2, 0.25) is 0 Å². The molecule has 20 heavy (non-hydrogen) atoms. The molecule has 0 radical (unpaired) electrons. The number of hydrogen-bond donors (Lipinski definition) is 1. The van der Waals surface area contributed by atoms with Crippen LogP contribution in [0.5, 0.6) is 0 Å². The van der Waals surface area contributed by atoms with Crippen LogP contribution in [0.15, 0.2) is 36.4 Å². The van der Waals surface area contributed by atoms with E-state index < -0.39 is 24.2 Å². The molecule has 0 saturated heterocycles. The minimum atomic E-state index is -5.10. The third-order valence-electron chi connectivity index (χ3n) is 2.61. The maximum absolute atomic E-state index is 12.8. The van der Waals surface area contributed by atoms with Crippen molar-refractivity contribution in [2.75, 3.05) is 6.61 Å².